The van der Waals surface area contributed by atoms with Crippen molar-refractivity contribution in [2.45, 2.75) is 19.1 Å². The van der Waals surface area contributed by atoms with E-state index in [0.717, 1.165) is 34.9 Å². The summed E-state index contributed by atoms with van der Waals surface area (Å²) in [6.45, 7) is 2.55. The van der Waals surface area contributed by atoms with E-state index in [-0.39, 0.29) is 5.91 Å². The van der Waals surface area contributed by atoms with Crippen LogP contribution in [0.5, 0.6) is 5.75 Å². The molecule has 22 heavy (non-hydrogen) atoms. The SMILES string of the molecule is COc1ccccc1CCNC(=O)CSCc1nsnc1C. The summed E-state index contributed by atoms with van der Waals surface area (Å²) >= 11 is 2.77. The van der Waals surface area contributed by atoms with Gasteiger partial charge in [0.05, 0.1) is 36.0 Å². The van der Waals surface area contributed by atoms with E-state index in [1.54, 1.807) is 18.9 Å². The predicted octanol–water partition coefficient (Wildman–Crippen LogP) is 2.45. The van der Waals surface area contributed by atoms with E-state index in [9.17, 15) is 4.79 Å². The number of nitrogens with one attached hydrogen (secondary N) is 1. The molecule has 1 N–H and O–H groups in total. The quantitative estimate of drug-likeness (QED) is 0.801. The molecule has 1 heterocycles. The number of aryl methyl sites for hydroxylation is 1. The van der Waals surface area contributed by atoms with Crippen molar-refractivity contribution >= 4 is 29.4 Å². The van der Waals surface area contributed by atoms with Crippen LogP contribution in [0.1, 0.15) is 17.0 Å². The van der Waals surface area contributed by atoms with E-state index in [1.165, 1.54) is 11.7 Å². The van der Waals surface area contributed by atoms with E-state index < -0.39 is 0 Å². The van der Waals surface area contributed by atoms with Gasteiger partial charge in [-0.25, -0.2) is 0 Å². The Bertz CT molecular complexity index is 616. The molecule has 7 heteroatoms. The van der Waals surface area contributed by atoms with Gasteiger partial charge >= 0.3 is 0 Å². The number of hydrogen-bond donors (Lipinski definition) is 1. The first-order chi connectivity index (χ1) is 10.7. The monoisotopic (exact) mass is 337 g/mol. The third-order valence-electron chi connectivity index (χ3n) is 3.13. The normalized spacial score (nSPS) is 10.5. The Morgan fingerprint density at radius 3 is 2.91 bits per heavy atom. The summed E-state index contributed by atoms with van der Waals surface area (Å²) in [7, 11) is 1.66. The molecule has 0 aliphatic rings. The number of hydrogen-bond acceptors (Lipinski definition) is 6. The van der Waals surface area contributed by atoms with Gasteiger partial charge in [-0.05, 0) is 25.0 Å². The molecule has 1 amide bonds. The minimum absolute atomic E-state index is 0.0424. The molecule has 118 valence electrons. The lowest BCUT2D eigenvalue weighted by Crippen LogP contribution is -2.27. The van der Waals surface area contributed by atoms with E-state index in [0.29, 0.717) is 12.3 Å². The number of methoxy groups -OCH3 is 1. The summed E-state index contributed by atoms with van der Waals surface area (Å²) in [4.78, 5) is 11.8. The lowest BCUT2D eigenvalue weighted by Gasteiger charge is -2.09. The molecule has 0 unspecified atom stereocenters. The minimum Gasteiger partial charge on any atom is -0.496 e. The van der Waals surface area contributed by atoms with Gasteiger partial charge in [0.15, 0.2) is 0 Å². The maximum Gasteiger partial charge on any atom is 0.230 e. The number of carbonyl (C=O) groups excluding carboxylic acids is 1. The maximum absolute atomic E-state index is 11.8. The van der Waals surface area contributed by atoms with Crippen LogP contribution in [0, 0.1) is 6.92 Å². The van der Waals surface area contributed by atoms with Gasteiger partial charge in [-0.3, -0.25) is 4.79 Å². The number of rotatable bonds is 8. The molecule has 2 aromatic rings. The fraction of sp³-hybridized carbons (Fsp3) is 0.400. The Labute approximate surface area is 138 Å². The molecule has 0 aliphatic carbocycles. The first-order valence-corrected chi connectivity index (χ1v) is 8.83. The summed E-state index contributed by atoms with van der Waals surface area (Å²) < 4.78 is 13.6. The van der Waals surface area contributed by atoms with Crippen molar-refractivity contribution in [2.24, 2.45) is 0 Å². The average molecular weight is 337 g/mol. The second-order valence-corrected chi connectivity index (χ2v) is 6.21. The van der Waals surface area contributed by atoms with Crippen LogP contribution in [-0.2, 0) is 17.0 Å². The van der Waals surface area contributed by atoms with Crippen molar-refractivity contribution in [2.75, 3.05) is 19.4 Å². The molecule has 2 rings (SSSR count). The van der Waals surface area contributed by atoms with E-state index in [4.69, 9.17) is 4.74 Å². The fourth-order valence-electron chi connectivity index (χ4n) is 1.92. The lowest BCUT2D eigenvalue weighted by atomic mass is 10.1. The number of carbonyl (C=O) groups is 1. The van der Waals surface area contributed by atoms with Crippen LogP contribution in [0.3, 0.4) is 0 Å². The molecule has 0 fully saturated rings. The zero-order chi connectivity index (χ0) is 15.8. The van der Waals surface area contributed by atoms with Crippen molar-refractivity contribution in [3.8, 4) is 5.75 Å². The Kier molecular flexibility index (Phi) is 6.67. The van der Waals surface area contributed by atoms with E-state index in [2.05, 4.69) is 14.1 Å². The van der Waals surface area contributed by atoms with Crippen LogP contribution >= 0.6 is 23.5 Å². The minimum atomic E-state index is 0.0424. The predicted molar refractivity (Wildman–Crippen MR) is 90.5 cm³/mol. The van der Waals surface area contributed by atoms with Gasteiger partial charge in [0.25, 0.3) is 0 Å². The van der Waals surface area contributed by atoms with Crippen LogP contribution in [0.15, 0.2) is 24.3 Å². The average Bonchev–Trinajstić information content (AvgIpc) is 2.93. The molecule has 0 bridgehead atoms. The van der Waals surface area contributed by atoms with Crippen LogP contribution < -0.4 is 10.1 Å². The molecule has 0 aliphatic heterocycles. The summed E-state index contributed by atoms with van der Waals surface area (Å²) in [5, 5.41) is 2.93. The van der Waals surface area contributed by atoms with Gasteiger partial charge in [0.2, 0.25) is 5.91 Å². The number of ether oxygens (including phenoxy) is 1. The van der Waals surface area contributed by atoms with Crippen LogP contribution in [0.4, 0.5) is 0 Å². The second-order valence-electron chi connectivity index (χ2n) is 4.70. The summed E-state index contributed by atoms with van der Waals surface area (Å²) in [5.41, 5.74) is 3.02. The van der Waals surface area contributed by atoms with E-state index in [1.807, 2.05) is 31.2 Å². The maximum atomic E-state index is 11.8. The van der Waals surface area contributed by atoms with Gasteiger partial charge in [-0.1, -0.05) is 18.2 Å². The second kappa shape index (κ2) is 8.75. The largest absolute Gasteiger partial charge is 0.496 e. The van der Waals surface area contributed by atoms with Crippen LogP contribution in [0.2, 0.25) is 0 Å². The molecular formula is C15H19N3O2S2. The van der Waals surface area contributed by atoms with Gasteiger partial charge in [0, 0.05) is 12.3 Å². The number of para-hydroxylation sites is 1. The van der Waals surface area contributed by atoms with Crippen molar-refractivity contribution in [1.82, 2.24) is 14.1 Å². The molecular weight excluding hydrogens is 318 g/mol. The highest BCUT2D eigenvalue weighted by Crippen LogP contribution is 2.17. The van der Waals surface area contributed by atoms with Gasteiger partial charge in [0.1, 0.15) is 5.75 Å². The number of thioether (sulfide) groups is 1. The first kappa shape index (κ1) is 16.8. The van der Waals surface area contributed by atoms with Crippen molar-refractivity contribution in [1.29, 1.82) is 0 Å². The lowest BCUT2D eigenvalue weighted by molar-refractivity contribution is -0.118. The highest BCUT2D eigenvalue weighted by Gasteiger charge is 2.07. The third-order valence-corrected chi connectivity index (χ3v) is 4.73. The number of benzene rings is 1. The van der Waals surface area contributed by atoms with Crippen molar-refractivity contribution < 1.29 is 9.53 Å². The number of amides is 1. The zero-order valence-electron chi connectivity index (χ0n) is 12.7. The Morgan fingerprint density at radius 2 is 2.18 bits per heavy atom. The van der Waals surface area contributed by atoms with Gasteiger partial charge in [-0.2, -0.15) is 8.75 Å². The van der Waals surface area contributed by atoms with Gasteiger partial charge < -0.3 is 10.1 Å². The molecule has 0 radical (unpaired) electrons. The number of aromatic nitrogens is 2. The third kappa shape index (κ3) is 4.99. The zero-order valence-corrected chi connectivity index (χ0v) is 14.3. The Balaban J connectivity index is 1.66. The standard InChI is InChI=1S/C15H19N3O2S2/c1-11-13(18-22-17-11)9-21-10-15(19)16-8-7-12-5-3-4-6-14(12)20-2/h3-6H,7-10H2,1-2H3,(H,16,19). The Morgan fingerprint density at radius 1 is 1.36 bits per heavy atom. The summed E-state index contributed by atoms with van der Waals surface area (Å²) in [6, 6.07) is 7.85. The highest BCUT2D eigenvalue weighted by molar-refractivity contribution is 7.99. The molecule has 1 aromatic heterocycles. The van der Waals surface area contributed by atoms with E-state index >= 15 is 0 Å². The van der Waals surface area contributed by atoms with Crippen molar-refractivity contribution in [3.63, 3.8) is 0 Å². The number of nitrogens with zero attached hydrogens (tertiary/aromatic N) is 2. The Hall–Kier alpha value is -1.60. The first-order valence-electron chi connectivity index (χ1n) is 6.95. The summed E-state index contributed by atoms with van der Waals surface area (Å²) in [6.07, 6.45) is 0.759. The molecule has 0 atom stereocenters. The molecule has 5 nitrogen and oxygen atoms in total. The topological polar surface area (TPSA) is 64.1 Å². The molecule has 0 saturated carbocycles. The fourth-order valence-corrected chi connectivity index (χ4v) is 3.42. The van der Waals surface area contributed by atoms with Gasteiger partial charge in [-0.15, -0.1) is 11.8 Å². The molecule has 0 saturated heterocycles. The highest BCUT2D eigenvalue weighted by atomic mass is 32.2. The van der Waals surface area contributed by atoms with Crippen LogP contribution in [0.25, 0.3) is 0 Å². The smallest absolute Gasteiger partial charge is 0.230 e. The molecule has 1 aromatic carbocycles. The molecule has 0 spiro atoms. The summed E-state index contributed by atoms with van der Waals surface area (Å²) in [5.74, 6) is 2.06. The van der Waals surface area contributed by atoms with Crippen LogP contribution in [-0.4, -0.2) is 34.1 Å². The van der Waals surface area contributed by atoms with Crippen molar-refractivity contribution in [3.05, 3.63) is 41.2 Å².